The third kappa shape index (κ3) is 11.8. The molecule has 0 saturated carbocycles. The number of azo groups is 2. The maximum atomic E-state index is 13.3. The Morgan fingerprint density at radius 2 is 1.17 bits per heavy atom. The zero-order valence-corrected chi connectivity index (χ0v) is 39.0. The first-order valence-electron chi connectivity index (χ1n) is 15.3. The van der Waals surface area contributed by atoms with Crippen LogP contribution in [0.1, 0.15) is 0 Å². The molecule has 6 rings (SSSR count). The summed E-state index contributed by atoms with van der Waals surface area (Å²) in [4.78, 5) is -2.69. The maximum absolute atomic E-state index is 13.3. The van der Waals surface area contributed by atoms with Gasteiger partial charge in [0.15, 0.2) is 0 Å². The Bertz CT molecular complexity index is 2890. The van der Waals surface area contributed by atoms with E-state index in [0.29, 0.717) is 35.3 Å². The SMILES string of the molecule is Nc1cc(S(=O)(=O)[O-])cc2cc(S(=O)(=O)O)c(N=Nc3ccc(Nc4ccc(N=Nc5ccc(Nc6ccccc6)cc5[O-])cc4)c(S(=O)(=O)O)c3)c([O-])c12.[Na+].[Na+].[Na+]. The molecule has 0 atom stereocenters. The van der Waals surface area contributed by atoms with Crippen LogP contribution in [-0.4, -0.2) is 38.9 Å². The molecule has 24 heteroatoms. The van der Waals surface area contributed by atoms with Crippen molar-refractivity contribution < 1.29 is 138 Å². The molecule has 0 fully saturated rings. The Morgan fingerprint density at radius 1 is 0.586 bits per heavy atom. The van der Waals surface area contributed by atoms with Crippen molar-refractivity contribution in [2.45, 2.75) is 14.7 Å². The zero-order valence-electron chi connectivity index (χ0n) is 30.6. The Morgan fingerprint density at radius 3 is 1.78 bits per heavy atom. The van der Waals surface area contributed by atoms with Crippen LogP contribution in [0.15, 0.2) is 144 Å². The number of hydrogen-bond acceptors (Lipinski definition) is 16. The molecule has 6 N–H and O–H groups in total. The summed E-state index contributed by atoms with van der Waals surface area (Å²) in [6, 6.07) is 25.2. The third-order valence-electron chi connectivity index (χ3n) is 7.65. The summed E-state index contributed by atoms with van der Waals surface area (Å²) in [6.45, 7) is 0. The van der Waals surface area contributed by atoms with Gasteiger partial charge in [-0.05, 0) is 102 Å². The Kier molecular flexibility index (Phi) is 16.6. The van der Waals surface area contributed by atoms with Crippen molar-refractivity contribution in [2.75, 3.05) is 16.4 Å². The largest absolute Gasteiger partial charge is 1.00 e. The molecule has 0 aromatic heterocycles. The van der Waals surface area contributed by atoms with Crippen LogP contribution in [0.3, 0.4) is 0 Å². The van der Waals surface area contributed by atoms with Gasteiger partial charge in [0.25, 0.3) is 20.2 Å². The minimum absolute atomic E-state index is 0. The summed E-state index contributed by atoms with van der Waals surface area (Å²) in [5.74, 6) is -1.59. The van der Waals surface area contributed by atoms with Gasteiger partial charge in [0.2, 0.25) is 0 Å². The van der Waals surface area contributed by atoms with Crippen molar-refractivity contribution in [3.05, 3.63) is 109 Å². The molecule has 0 aliphatic carbocycles. The molecule has 18 nitrogen and oxygen atoms in total. The van der Waals surface area contributed by atoms with Crippen LogP contribution in [-0.2, 0) is 30.4 Å². The topological polar surface area (TPSA) is 312 Å². The van der Waals surface area contributed by atoms with E-state index in [0.717, 1.165) is 11.8 Å². The fourth-order valence-electron chi connectivity index (χ4n) is 5.15. The summed E-state index contributed by atoms with van der Waals surface area (Å²) in [5, 5.41) is 46.4. The predicted molar refractivity (Wildman–Crippen MR) is 196 cm³/mol. The summed E-state index contributed by atoms with van der Waals surface area (Å²) < 4.78 is 103. The van der Waals surface area contributed by atoms with Crippen molar-refractivity contribution >= 4 is 92.3 Å². The van der Waals surface area contributed by atoms with Gasteiger partial charge >= 0.3 is 88.7 Å². The number of nitrogen functional groups attached to an aromatic ring is 1. The number of nitrogens with two attached hydrogens (primary N) is 1. The fraction of sp³-hybridized carbons (Fsp3) is 0. The Hall–Kier alpha value is -3.49. The van der Waals surface area contributed by atoms with Gasteiger partial charge in [0, 0.05) is 22.7 Å². The third-order valence-corrected chi connectivity index (χ3v) is 10.2. The molecule has 0 unspecified atom stereocenters. The van der Waals surface area contributed by atoms with E-state index in [1.165, 1.54) is 48.5 Å². The number of hydrogen-bond donors (Lipinski definition) is 5. The van der Waals surface area contributed by atoms with E-state index in [9.17, 15) is 49.1 Å². The fourth-order valence-corrected chi connectivity index (χ4v) is 7.01. The molecular weight excluding hydrogens is 848 g/mol. The smallest absolute Gasteiger partial charge is 0.871 e. The van der Waals surface area contributed by atoms with E-state index in [2.05, 4.69) is 31.1 Å². The number of fused-ring (bicyclic) bond motifs is 1. The number of nitrogens with zero attached hydrogens (tertiary/aromatic N) is 4. The number of para-hydroxylation sites is 1. The van der Waals surface area contributed by atoms with Gasteiger partial charge in [-0.3, -0.25) is 9.11 Å². The van der Waals surface area contributed by atoms with Crippen LogP contribution >= 0.6 is 0 Å². The van der Waals surface area contributed by atoms with Crippen LogP contribution in [0, 0.1) is 0 Å². The number of rotatable bonds is 11. The van der Waals surface area contributed by atoms with Crippen molar-refractivity contribution in [3.8, 4) is 11.5 Å². The van der Waals surface area contributed by atoms with Crippen LogP contribution in [0.4, 0.5) is 51.2 Å². The molecule has 0 radical (unpaired) electrons. The van der Waals surface area contributed by atoms with E-state index in [1.807, 2.05) is 30.3 Å². The Labute approximate surface area is 397 Å². The molecule has 282 valence electrons. The molecule has 0 bridgehead atoms. The molecule has 0 saturated heterocycles. The van der Waals surface area contributed by atoms with E-state index < -0.39 is 72.9 Å². The van der Waals surface area contributed by atoms with Gasteiger partial charge in [-0.1, -0.05) is 29.7 Å². The van der Waals surface area contributed by atoms with Gasteiger partial charge in [-0.15, -0.1) is 5.11 Å². The molecule has 0 aliphatic rings. The average Bonchev–Trinajstić information content (AvgIpc) is 3.11. The molecule has 0 amide bonds. The molecule has 0 aliphatic heterocycles. The van der Waals surface area contributed by atoms with E-state index >= 15 is 0 Å². The average molecular weight is 872 g/mol. The second kappa shape index (κ2) is 19.7. The Balaban J connectivity index is 0.00000300. The first kappa shape index (κ1) is 48.9. The van der Waals surface area contributed by atoms with E-state index in [-0.39, 0.29) is 111 Å². The van der Waals surface area contributed by atoms with Crippen molar-refractivity contribution in [1.82, 2.24) is 0 Å². The molecule has 6 aromatic rings. The maximum Gasteiger partial charge on any atom is 1.00 e. The molecule has 0 spiro atoms. The van der Waals surface area contributed by atoms with Gasteiger partial charge in [-0.25, -0.2) is 8.42 Å². The number of nitrogens with one attached hydrogen (secondary N) is 2. The summed E-state index contributed by atoms with van der Waals surface area (Å²) in [5.41, 5.74) is 6.00. The van der Waals surface area contributed by atoms with Crippen molar-refractivity contribution in [2.24, 2.45) is 20.5 Å². The minimum atomic E-state index is -5.22. The predicted octanol–water partition coefficient (Wildman–Crippen LogP) is -2.70. The van der Waals surface area contributed by atoms with Gasteiger partial charge in [-0.2, -0.15) is 32.2 Å². The van der Waals surface area contributed by atoms with E-state index in [1.54, 1.807) is 6.07 Å². The standard InChI is InChI=1S/C34H27N7O11S3.3Na/c35-26-18-25(53(44,45)46)14-19-15-31(55(50,51)52)33(34(43)32(19)26)41-39-24-11-13-28(30(17-24)54(47,48)49)37-21-6-8-22(9-7-21)38-40-27-12-10-23(16-29(27)42)36-20-4-2-1-3-5-20;;;/h1-18,36-37,42-43H,35H2,(H,44,45,46)(H,47,48,49)(H,50,51,52);;;/q;3*+1/p-3. The van der Waals surface area contributed by atoms with Crippen LogP contribution in [0.5, 0.6) is 11.5 Å². The summed E-state index contributed by atoms with van der Waals surface area (Å²) >= 11 is 0. The van der Waals surface area contributed by atoms with Crippen LogP contribution in [0.25, 0.3) is 10.8 Å². The monoisotopic (exact) mass is 871 g/mol. The second-order valence-corrected chi connectivity index (χ2v) is 15.7. The second-order valence-electron chi connectivity index (χ2n) is 11.5. The minimum Gasteiger partial charge on any atom is -0.871 e. The number of benzene rings is 6. The normalized spacial score (nSPS) is 11.8. The van der Waals surface area contributed by atoms with Gasteiger partial charge in [0.05, 0.1) is 33.3 Å². The molecule has 0 heterocycles. The van der Waals surface area contributed by atoms with Crippen LogP contribution in [0.2, 0.25) is 0 Å². The quantitative estimate of drug-likeness (QED) is 0.0383. The van der Waals surface area contributed by atoms with Gasteiger partial charge < -0.3 is 31.1 Å². The van der Waals surface area contributed by atoms with E-state index in [4.69, 9.17) is 5.73 Å². The van der Waals surface area contributed by atoms with Gasteiger partial charge in [0.1, 0.15) is 19.9 Å². The first-order valence-corrected chi connectivity index (χ1v) is 19.6. The summed E-state index contributed by atoms with van der Waals surface area (Å²) in [7, 11) is -15.2. The first-order chi connectivity index (χ1) is 25.9. The molecule has 58 heavy (non-hydrogen) atoms. The van der Waals surface area contributed by atoms with Crippen molar-refractivity contribution in [1.29, 1.82) is 0 Å². The number of anilines is 5. The van der Waals surface area contributed by atoms with Crippen molar-refractivity contribution in [3.63, 3.8) is 0 Å². The summed E-state index contributed by atoms with van der Waals surface area (Å²) in [6.07, 6.45) is 0. The molecule has 6 aromatic carbocycles. The zero-order chi connectivity index (χ0) is 39.7. The van der Waals surface area contributed by atoms with Crippen LogP contribution < -0.4 is 115 Å². The molecular formula is C34H24N7Na3O11S3.